The zero-order chi connectivity index (χ0) is 17.8. The van der Waals surface area contributed by atoms with Crippen molar-refractivity contribution in [3.05, 3.63) is 35.8 Å². The van der Waals surface area contributed by atoms with Crippen LogP contribution in [0.5, 0.6) is 0 Å². The second-order valence-corrected chi connectivity index (χ2v) is 7.12. The van der Waals surface area contributed by atoms with Crippen LogP contribution in [0.2, 0.25) is 0 Å². The van der Waals surface area contributed by atoms with Crippen molar-refractivity contribution in [1.29, 1.82) is 0 Å². The molecule has 1 aliphatic carbocycles. The molecule has 1 atom stereocenters. The molecule has 2 aromatic heterocycles. The Labute approximate surface area is 149 Å². The molecule has 2 aromatic rings. The first-order valence-electron chi connectivity index (χ1n) is 9.43. The predicted molar refractivity (Wildman–Crippen MR) is 99.2 cm³/mol. The molecule has 2 heterocycles. The van der Waals surface area contributed by atoms with Crippen LogP contribution in [-0.2, 0) is 11.2 Å². The summed E-state index contributed by atoms with van der Waals surface area (Å²) >= 11 is 0. The highest BCUT2D eigenvalue weighted by atomic mass is 16.6. The smallest absolute Gasteiger partial charge is 0.200 e. The van der Waals surface area contributed by atoms with Crippen molar-refractivity contribution >= 4 is 11.2 Å². The van der Waals surface area contributed by atoms with E-state index < -0.39 is 6.29 Å². The van der Waals surface area contributed by atoms with Crippen molar-refractivity contribution in [2.24, 2.45) is 5.92 Å². The summed E-state index contributed by atoms with van der Waals surface area (Å²) in [6, 6.07) is 3.91. The first-order valence-corrected chi connectivity index (χ1v) is 9.43. The van der Waals surface area contributed by atoms with Crippen LogP contribution < -0.4 is 0 Å². The predicted octanol–water partition coefficient (Wildman–Crippen LogP) is 4.30. The minimum atomic E-state index is -1.02. The SMILES string of the molecule is C=C(C)c1cc(CC2CCCCCC2)nc2cc(C(O)OCC)nn12. The van der Waals surface area contributed by atoms with Gasteiger partial charge in [-0.25, -0.2) is 9.50 Å². The third-order valence-electron chi connectivity index (χ3n) is 4.99. The highest BCUT2D eigenvalue weighted by molar-refractivity contribution is 5.61. The second kappa shape index (κ2) is 8.11. The van der Waals surface area contributed by atoms with Crippen LogP contribution >= 0.6 is 0 Å². The van der Waals surface area contributed by atoms with Crippen LogP contribution in [0.1, 0.15) is 75.7 Å². The first kappa shape index (κ1) is 18.1. The monoisotopic (exact) mass is 343 g/mol. The first-order chi connectivity index (χ1) is 12.1. The Balaban J connectivity index is 1.92. The standard InChI is InChI=1S/C20H29N3O2/c1-4-25-20(24)17-13-19-21-16(11-15-9-7-5-6-8-10-15)12-18(14(2)3)23(19)22-17/h12-13,15,20,24H,2,4-11H2,1,3H3. The van der Waals surface area contributed by atoms with Gasteiger partial charge in [0.05, 0.1) is 5.69 Å². The van der Waals surface area contributed by atoms with Crippen molar-refractivity contribution in [3.63, 3.8) is 0 Å². The molecule has 1 N–H and O–H groups in total. The van der Waals surface area contributed by atoms with Crippen molar-refractivity contribution in [3.8, 4) is 0 Å². The molecule has 25 heavy (non-hydrogen) atoms. The van der Waals surface area contributed by atoms with Crippen molar-refractivity contribution in [2.75, 3.05) is 6.61 Å². The van der Waals surface area contributed by atoms with E-state index in [-0.39, 0.29) is 0 Å². The molecule has 5 nitrogen and oxygen atoms in total. The van der Waals surface area contributed by atoms with E-state index in [4.69, 9.17) is 9.72 Å². The zero-order valence-corrected chi connectivity index (χ0v) is 15.4. The molecule has 0 amide bonds. The van der Waals surface area contributed by atoms with Gasteiger partial charge < -0.3 is 9.84 Å². The Morgan fingerprint density at radius 2 is 2.04 bits per heavy atom. The molecule has 0 aliphatic heterocycles. The third-order valence-corrected chi connectivity index (χ3v) is 4.99. The molecule has 5 heteroatoms. The van der Waals surface area contributed by atoms with E-state index in [2.05, 4.69) is 17.7 Å². The number of nitrogens with zero attached hydrogens (tertiary/aromatic N) is 3. The maximum atomic E-state index is 10.1. The number of aromatic nitrogens is 3. The van der Waals surface area contributed by atoms with Crippen molar-refractivity contribution in [2.45, 2.75) is 65.1 Å². The molecule has 1 saturated carbocycles. The minimum absolute atomic E-state index is 0.433. The van der Waals surface area contributed by atoms with E-state index in [1.807, 2.05) is 19.9 Å². The molecule has 0 saturated heterocycles. The summed E-state index contributed by atoms with van der Waals surface area (Å²) in [6.45, 7) is 8.35. The molecule has 0 aromatic carbocycles. The van der Waals surface area contributed by atoms with Crippen LogP contribution in [0.4, 0.5) is 0 Å². The van der Waals surface area contributed by atoms with E-state index in [0.29, 0.717) is 18.2 Å². The van der Waals surface area contributed by atoms with Gasteiger partial charge in [-0.15, -0.1) is 0 Å². The van der Waals surface area contributed by atoms with Gasteiger partial charge in [-0.3, -0.25) is 0 Å². The van der Waals surface area contributed by atoms with Gasteiger partial charge in [-0.05, 0) is 37.8 Å². The molecule has 0 bridgehead atoms. The highest BCUT2D eigenvalue weighted by Crippen LogP contribution is 2.27. The lowest BCUT2D eigenvalue weighted by Gasteiger charge is -2.14. The topological polar surface area (TPSA) is 59.7 Å². The Hall–Kier alpha value is -1.72. The summed E-state index contributed by atoms with van der Waals surface area (Å²) in [5.41, 5.74) is 4.22. The van der Waals surface area contributed by atoms with Gasteiger partial charge >= 0.3 is 0 Å². The highest BCUT2D eigenvalue weighted by Gasteiger charge is 2.18. The van der Waals surface area contributed by atoms with E-state index >= 15 is 0 Å². The van der Waals surface area contributed by atoms with E-state index in [9.17, 15) is 5.11 Å². The summed E-state index contributed by atoms with van der Waals surface area (Å²) in [7, 11) is 0. The molecule has 1 aliphatic rings. The van der Waals surface area contributed by atoms with Gasteiger partial charge in [-0.1, -0.05) is 45.1 Å². The van der Waals surface area contributed by atoms with Crippen molar-refractivity contribution in [1.82, 2.24) is 14.6 Å². The van der Waals surface area contributed by atoms with Crippen LogP contribution in [0, 0.1) is 5.92 Å². The molecular weight excluding hydrogens is 314 g/mol. The number of allylic oxidation sites excluding steroid dienone is 1. The summed E-state index contributed by atoms with van der Waals surface area (Å²) in [6.07, 6.45) is 7.96. The van der Waals surface area contributed by atoms with Crippen LogP contribution in [-0.4, -0.2) is 26.3 Å². The largest absolute Gasteiger partial charge is 0.363 e. The van der Waals surface area contributed by atoms with Gasteiger partial charge in [0.25, 0.3) is 0 Å². The molecule has 1 unspecified atom stereocenters. The fourth-order valence-corrected chi connectivity index (χ4v) is 3.68. The average Bonchev–Trinajstić information content (AvgIpc) is 2.84. The summed E-state index contributed by atoms with van der Waals surface area (Å²) in [5.74, 6) is 0.715. The minimum Gasteiger partial charge on any atom is -0.363 e. The number of hydrogen-bond donors (Lipinski definition) is 1. The van der Waals surface area contributed by atoms with E-state index in [1.54, 1.807) is 4.52 Å². The number of ether oxygens (including phenoxy) is 1. The molecule has 3 rings (SSSR count). The Morgan fingerprint density at radius 1 is 1.32 bits per heavy atom. The van der Waals surface area contributed by atoms with Gasteiger partial charge in [0.15, 0.2) is 11.9 Å². The summed E-state index contributed by atoms with van der Waals surface area (Å²) in [4.78, 5) is 4.80. The zero-order valence-electron chi connectivity index (χ0n) is 15.4. The number of rotatable bonds is 6. The fraction of sp³-hybridized carbons (Fsp3) is 0.600. The lowest BCUT2D eigenvalue weighted by Crippen LogP contribution is -2.08. The van der Waals surface area contributed by atoms with Gasteiger partial charge in [0.1, 0.15) is 5.69 Å². The third kappa shape index (κ3) is 4.28. The molecular formula is C20H29N3O2. The summed E-state index contributed by atoms with van der Waals surface area (Å²) < 4.78 is 7.01. The van der Waals surface area contributed by atoms with Crippen LogP contribution in [0.15, 0.2) is 18.7 Å². The molecule has 0 spiro atoms. The normalized spacial score (nSPS) is 17.6. The maximum absolute atomic E-state index is 10.1. The maximum Gasteiger partial charge on any atom is 0.200 e. The quantitative estimate of drug-likeness (QED) is 0.627. The Bertz CT molecular complexity index is 730. The lowest BCUT2D eigenvalue weighted by atomic mass is 9.94. The Morgan fingerprint density at radius 3 is 2.68 bits per heavy atom. The Kier molecular flexibility index (Phi) is 5.86. The summed E-state index contributed by atoms with van der Waals surface area (Å²) in [5, 5.41) is 14.5. The number of hydrogen-bond acceptors (Lipinski definition) is 4. The second-order valence-electron chi connectivity index (χ2n) is 7.12. The van der Waals surface area contributed by atoms with Crippen molar-refractivity contribution < 1.29 is 9.84 Å². The fourth-order valence-electron chi connectivity index (χ4n) is 3.68. The lowest BCUT2D eigenvalue weighted by molar-refractivity contribution is -0.101. The van der Waals surface area contributed by atoms with Crippen LogP contribution in [0.3, 0.4) is 0 Å². The number of aliphatic hydroxyl groups excluding tert-OH is 1. The van der Waals surface area contributed by atoms with Gasteiger partial charge in [0, 0.05) is 18.4 Å². The van der Waals surface area contributed by atoms with Crippen LogP contribution in [0.25, 0.3) is 11.2 Å². The van der Waals surface area contributed by atoms with E-state index in [1.165, 1.54) is 38.5 Å². The van der Waals surface area contributed by atoms with Gasteiger partial charge in [0.2, 0.25) is 0 Å². The molecule has 0 radical (unpaired) electrons. The van der Waals surface area contributed by atoms with E-state index in [0.717, 1.165) is 29.0 Å². The number of aliphatic hydroxyl groups is 1. The van der Waals surface area contributed by atoms with Gasteiger partial charge in [-0.2, -0.15) is 5.10 Å². The number of fused-ring (bicyclic) bond motifs is 1. The molecule has 1 fully saturated rings. The average molecular weight is 343 g/mol. The molecule has 136 valence electrons.